The van der Waals surface area contributed by atoms with Crippen molar-refractivity contribution in [2.75, 3.05) is 0 Å². The zero-order valence-electron chi connectivity index (χ0n) is 11.3. The van der Waals surface area contributed by atoms with Crippen molar-refractivity contribution < 1.29 is 0 Å². The number of rotatable bonds is 3. The maximum Gasteiger partial charge on any atom is 0.177 e. The van der Waals surface area contributed by atoms with Crippen LogP contribution in [0.25, 0.3) is 22.7 Å². The van der Waals surface area contributed by atoms with E-state index >= 15 is 0 Å². The van der Waals surface area contributed by atoms with Gasteiger partial charge in [-0.2, -0.15) is 0 Å². The zero-order chi connectivity index (χ0) is 14.1. The van der Waals surface area contributed by atoms with Gasteiger partial charge in [0.05, 0.1) is 11.0 Å². The van der Waals surface area contributed by atoms with Crippen molar-refractivity contribution in [3.8, 4) is 11.6 Å². The second-order valence-electron chi connectivity index (χ2n) is 4.80. The molecule has 0 aliphatic carbocycles. The van der Waals surface area contributed by atoms with Crippen LogP contribution in [0.2, 0.25) is 0 Å². The number of nitrogens with zero attached hydrogens (tertiary/aromatic N) is 4. The number of para-hydroxylation sites is 2. The van der Waals surface area contributed by atoms with Crippen LogP contribution in [0.1, 0.15) is 5.56 Å². The number of aromatic amines is 1. The van der Waals surface area contributed by atoms with Gasteiger partial charge in [0.15, 0.2) is 11.6 Å². The summed E-state index contributed by atoms with van der Waals surface area (Å²) in [5, 5.41) is 0. The Labute approximate surface area is 121 Å². The van der Waals surface area contributed by atoms with E-state index in [0.717, 1.165) is 29.2 Å². The summed E-state index contributed by atoms with van der Waals surface area (Å²) in [6.45, 7) is 0.735. The number of aromatic nitrogens is 5. The van der Waals surface area contributed by atoms with Crippen LogP contribution >= 0.6 is 0 Å². The Morgan fingerprint density at radius 3 is 2.67 bits per heavy atom. The Kier molecular flexibility index (Phi) is 2.74. The Hall–Kier alpha value is -2.95. The maximum atomic E-state index is 4.70. The number of benzene rings is 1. The average molecular weight is 275 g/mol. The summed E-state index contributed by atoms with van der Waals surface area (Å²) < 4.78 is 2.17. The molecule has 21 heavy (non-hydrogen) atoms. The first-order valence-electron chi connectivity index (χ1n) is 6.76. The van der Waals surface area contributed by atoms with E-state index in [4.69, 9.17) is 4.98 Å². The van der Waals surface area contributed by atoms with Crippen LogP contribution in [0, 0.1) is 0 Å². The first-order valence-corrected chi connectivity index (χ1v) is 6.76. The van der Waals surface area contributed by atoms with Crippen molar-refractivity contribution in [1.82, 2.24) is 24.5 Å². The van der Waals surface area contributed by atoms with Crippen molar-refractivity contribution >= 4 is 11.0 Å². The first kappa shape index (κ1) is 11.8. The van der Waals surface area contributed by atoms with E-state index < -0.39 is 0 Å². The third kappa shape index (κ3) is 2.08. The number of fused-ring (bicyclic) bond motifs is 1. The van der Waals surface area contributed by atoms with Crippen molar-refractivity contribution in [3.05, 3.63) is 66.7 Å². The van der Waals surface area contributed by atoms with Gasteiger partial charge in [-0.3, -0.25) is 4.98 Å². The molecular weight excluding hydrogens is 262 g/mol. The fourth-order valence-electron chi connectivity index (χ4n) is 2.47. The van der Waals surface area contributed by atoms with E-state index in [1.165, 1.54) is 5.56 Å². The Balaban J connectivity index is 1.91. The van der Waals surface area contributed by atoms with E-state index in [9.17, 15) is 0 Å². The summed E-state index contributed by atoms with van der Waals surface area (Å²) in [4.78, 5) is 16.2. The van der Waals surface area contributed by atoms with Crippen molar-refractivity contribution in [3.63, 3.8) is 0 Å². The lowest BCUT2D eigenvalue weighted by atomic mass is 10.2. The minimum absolute atomic E-state index is 0.735. The molecule has 0 aliphatic rings. The summed E-state index contributed by atoms with van der Waals surface area (Å²) in [5.74, 6) is 1.62. The predicted molar refractivity (Wildman–Crippen MR) is 80.7 cm³/mol. The largest absolute Gasteiger partial charge is 0.342 e. The molecule has 5 nitrogen and oxygen atoms in total. The number of imidazole rings is 2. The summed E-state index contributed by atoms with van der Waals surface area (Å²) in [6.07, 6.45) is 7.17. The highest BCUT2D eigenvalue weighted by Gasteiger charge is 2.14. The van der Waals surface area contributed by atoms with Gasteiger partial charge in [0, 0.05) is 31.3 Å². The second-order valence-corrected chi connectivity index (χ2v) is 4.80. The molecule has 0 aliphatic heterocycles. The summed E-state index contributed by atoms with van der Waals surface area (Å²) in [6, 6.07) is 12.2. The monoisotopic (exact) mass is 275 g/mol. The van der Waals surface area contributed by atoms with Gasteiger partial charge in [0.25, 0.3) is 0 Å². The van der Waals surface area contributed by atoms with Gasteiger partial charge in [-0.1, -0.05) is 12.1 Å². The van der Waals surface area contributed by atoms with Gasteiger partial charge in [-0.05, 0) is 29.8 Å². The predicted octanol–water partition coefficient (Wildman–Crippen LogP) is 2.87. The van der Waals surface area contributed by atoms with Crippen LogP contribution in [-0.2, 0) is 6.54 Å². The highest BCUT2D eigenvalue weighted by Crippen LogP contribution is 2.23. The minimum atomic E-state index is 0.735. The van der Waals surface area contributed by atoms with E-state index in [1.54, 1.807) is 18.6 Å². The van der Waals surface area contributed by atoms with Gasteiger partial charge >= 0.3 is 0 Å². The molecule has 4 rings (SSSR count). The highest BCUT2D eigenvalue weighted by molar-refractivity contribution is 5.79. The Morgan fingerprint density at radius 1 is 1.00 bits per heavy atom. The molecular formula is C16H13N5. The van der Waals surface area contributed by atoms with Crippen LogP contribution in [0.5, 0.6) is 0 Å². The Bertz CT molecular complexity index is 862. The molecule has 0 unspecified atom stereocenters. The lowest BCUT2D eigenvalue weighted by molar-refractivity contribution is 0.825. The van der Waals surface area contributed by atoms with Gasteiger partial charge in [-0.25, -0.2) is 9.97 Å². The van der Waals surface area contributed by atoms with Crippen LogP contribution in [-0.4, -0.2) is 24.5 Å². The van der Waals surface area contributed by atoms with E-state index in [-0.39, 0.29) is 0 Å². The fraction of sp³-hybridized carbons (Fsp3) is 0.0625. The molecule has 0 amide bonds. The standard InChI is InChI=1S/C16H13N5/c1-2-4-14-13(3-1)20-16(15-18-9-10-19-15)21(14)11-12-5-7-17-8-6-12/h1-10H,11H2,(H,18,19). The third-order valence-electron chi connectivity index (χ3n) is 3.45. The highest BCUT2D eigenvalue weighted by atomic mass is 15.1. The fourth-order valence-corrected chi connectivity index (χ4v) is 2.47. The molecule has 0 saturated carbocycles. The average Bonchev–Trinajstić information content (AvgIpc) is 3.16. The number of nitrogens with one attached hydrogen (secondary N) is 1. The molecule has 0 atom stereocenters. The summed E-state index contributed by atoms with van der Waals surface area (Å²) >= 11 is 0. The normalized spacial score (nSPS) is 11.0. The van der Waals surface area contributed by atoms with E-state index in [2.05, 4.69) is 25.6 Å². The van der Waals surface area contributed by atoms with Crippen LogP contribution < -0.4 is 0 Å². The maximum absolute atomic E-state index is 4.70. The summed E-state index contributed by atoms with van der Waals surface area (Å²) in [7, 11) is 0. The molecule has 0 fully saturated rings. The first-order chi connectivity index (χ1) is 10.4. The lowest BCUT2D eigenvalue weighted by Gasteiger charge is -2.07. The van der Waals surface area contributed by atoms with Gasteiger partial charge in [0.1, 0.15) is 0 Å². The van der Waals surface area contributed by atoms with Gasteiger partial charge < -0.3 is 9.55 Å². The lowest BCUT2D eigenvalue weighted by Crippen LogP contribution is -2.03. The number of hydrogen-bond donors (Lipinski definition) is 1. The smallest absolute Gasteiger partial charge is 0.177 e. The quantitative estimate of drug-likeness (QED) is 0.625. The topological polar surface area (TPSA) is 59.4 Å². The molecule has 3 heterocycles. The zero-order valence-corrected chi connectivity index (χ0v) is 11.3. The molecule has 0 radical (unpaired) electrons. The molecule has 0 spiro atoms. The molecule has 1 N–H and O–H groups in total. The van der Waals surface area contributed by atoms with Crippen molar-refractivity contribution in [1.29, 1.82) is 0 Å². The number of hydrogen-bond acceptors (Lipinski definition) is 3. The van der Waals surface area contributed by atoms with Crippen LogP contribution in [0.15, 0.2) is 61.2 Å². The Morgan fingerprint density at radius 2 is 1.86 bits per heavy atom. The molecule has 5 heteroatoms. The molecule has 102 valence electrons. The van der Waals surface area contributed by atoms with E-state index in [1.807, 2.05) is 36.5 Å². The van der Waals surface area contributed by atoms with Crippen LogP contribution in [0.4, 0.5) is 0 Å². The van der Waals surface area contributed by atoms with Crippen molar-refractivity contribution in [2.24, 2.45) is 0 Å². The van der Waals surface area contributed by atoms with Gasteiger partial charge in [-0.15, -0.1) is 0 Å². The third-order valence-corrected chi connectivity index (χ3v) is 3.45. The summed E-state index contributed by atoms with van der Waals surface area (Å²) in [5.41, 5.74) is 3.25. The second kappa shape index (κ2) is 4.86. The van der Waals surface area contributed by atoms with E-state index in [0.29, 0.717) is 0 Å². The van der Waals surface area contributed by atoms with Crippen molar-refractivity contribution in [2.45, 2.75) is 6.54 Å². The van der Waals surface area contributed by atoms with Gasteiger partial charge in [0.2, 0.25) is 0 Å². The number of H-pyrrole nitrogens is 1. The molecule has 0 saturated heterocycles. The molecule has 3 aromatic heterocycles. The molecule has 1 aromatic carbocycles. The van der Waals surface area contributed by atoms with Crippen LogP contribution in [0.3, 0.4) is 0 Å². The number of pyridine rings is 1. The SMILES string of the molecule is c1ccc2c(c1)nc(-c1ncc[nH]1)n2Cc1ccncc1. The minimum Gasteiger partial charge on any atom is -0.342 e. The molecule has 4 aromatic rings. The molecule has 0 bridgehead atoms.